The Balaban J connectivity index is 2.77. The van der Waals surface area contributed by atoms with E-state index in [1.54, 1.807) is 0 Å². The molecule has 0 aliphatic carbocycles. The molecule has 84 valence electrons. The maximum absolute atomic E-state index is 5.73. The van der Waals surface area contributed by atoms with Gasteiger partial charge in [0.25, 0.3) is 0 Å². The average Bonchev–Trinajstić information content (AvgIpc) is 2.27. The minimum Gasteiger partial charge on any atom is -0.478 e. The van der Waals surface area contributed by atoms with Gasteiger partial charge in [-0.25, -0.2) is 0 Å². The van der Waals surface area contributed by atoms with Crippen molar-refractivity contribution in [1.29, 1.82) is 0 Å². The number of halogens is 1. The Hall–Kier alpha value is -0.960. The number of hydrogen-bond donors (Lipinski definition) is 0. The standard InChI is InChI=1S/C11H17ClN2O/c1-3-14(9-8-12)10-6-5-7-11(13-10)15-4-2/h5-7H,3-4,8-9H2,1-2H3. The SMILES string of the molecule is CCOc1cccc(N(CC)CCCl)n1. The molecule has 0 fully saturated rings. The van der Waals surface area contributed by atoms with Crippen LogP contribution in [-0.4, -0.2) is 30.6 Å². The number of hydrogen-bond acceptors (Lipinski definition) is 3. The minimum absolute atomic E-state index is 0.606. The highest BCUT2D eigenvalue weighted by molar-refractivity contribution is 6.18. The van der Waals surface area contributed by atoms with Crippen LogP contribution in [0, 0.1) is 0 Å². The lowest BCUT2D eigenvalue weighted by molar-refractivity contribution is 0.327. The predicted molar refractivity (Wildman–Crippen MR) is 64.0 cm³/mol. The fourth-order valence-electron chi connectivity index (χ4n) is 1.35. The van der Waals surface area contributed by atoms with Crippen LogP contribution in [0.15, 0.2) is 18.2 Å². The first-order valence-corrected chi connectivity index (χ1v) is 5.76. The van der Waals surface area contributed by atoms with Crippen molar-refractivity contribution in [1.82, 2.24) is 4.98 Å². The summed E-state index contributed by atoms with van der Waals surface area (Å²) in [6.45, 7) is 6.38. The summed E-state index contributed by atoms with van der Waals surface area (Å²) in [6.07, 6.45) is 0. The molecule has 1 aromatic heterocycles. The summed E-state index contributed by atoms with van der Waals surface area (Å²) in [7, 11) is 0. The zero-order valence-electron chi connectivity index (χ0n) is 9.24. The maximum Gasteiger partial charge on any atom is 0.215 e. The molecule has 15 heavy (non-hydrogen) atoms. The van der Waals surface area contributed by atoms with Crippen molar-refractivity contribution in [3.8, 4) is 5.88 Å². The van der Waals surface area contributed by atoms with Crippen LogP contribution in [0.1, 0.15) is 13.8 Å². The van der Waals surface area contributed by atoms with E-state index in [-0.39, 0.29) is 0 Å². The summed E-state index contributed by atoms with van der Waals surface area (Å²) in [6, 6.07) is 5.78. The third-order valence-corrected chi connectivity index (χ3v) is 2.23. The molecule has 0 aromatic carbocycles. The van der Waals surface area contributed by atoms with Crippen molar-refractivity contribution in [3.63, 3.8) is 0 Å². The number of alkyl halides is 1. The average molecular weight is 229 g/mol. The van der Waals surface area contributed by atoms with E-state index in [2.05, 4.69) is 16.8 Å². The Morgan fingerprint density at radius 1 is 1.40 bits per heavy atom. The maximum atomic E-state index is 5.73. The highest BCUT2D eigenvalue weighted by Gasteiger charge is 2.05. The summed E-state index contributed by atoms with van der Waals surface area (Å²) in [4.78, 5) is 6.52. The molecule has 4 heteroatoms. The van der Waals surface area contributed by atoms with E-state index in [4.69, 9.17) is 16.3 Å². The van der Waals surface area contributed by atoms with Crippen LogP contribution in [0.5, 0.6) is 5.88 Å². The second kappa shape index (κ2) is 6.51. The molecule has 0 N–H and O–H groups in total. The van der Waals surface area contributed by atoms with Crippen LogP contribution in [0.3, 0.4) is 0 Å². The van der Waals surface area contributed by atoms with Gasteiger partial charge < -0.3 is 9.64 Å². The van der Waals surface area contributed by atoms with Crippen LogP contribution in [0.25, 0.3) is 0 Å². The second-order valence-corrected chi connectivity index (χ2v) is 3.41. The van der Waals surface area contributed by atoms with E-state index in [0.717, 1.165) is 18.9 Å². The Kier molecular flexibility index (Phi) is 5.26. The monoisotopic (exact) mass is 228 g/mol. The van der Waals surface area contributed by atoms with Gasteiger partial charge in [-0.05, 0) is 19.9 Å². The lowest BCUT2D eigenvalue weighted by atomic mass is 10.4. The Morgan fingerprint density at radius 3 is 2.80 bits per heavy atom. The lowest BCUT2D eigenvalue weighted by Crippen LogP contribution is -2.25. The van der Waals surface area contributed by atoms with Crippen LogP contribution >= 0.6 is 11.6 Å². The highest BCUT2D eigenvalue weighted by Crippen LogP contribution is 2.15. The van der Waals surface area contributed by atoms with E-state index in [1.807, 2.05) is 25.1 Å². The van der Waals surface area contributed by atoms with Gasteiger partial charge in [-0.15, -0.1) is 11.6 Å². The zero-order chi connectivity index (χ0) is 11.1. The van der Waals surface area contributed by atoms with Gasteiger partial charge in [0.05, 0.1) is 6.61 Å². The number of aromatic nitrogens is 1. The van der Waals surface area contributed by atoms with Crippen molar-refractivity contribution in [2.75, 3.05) is 30.5 Å². The van der Waals surface area contributed by atoms with Gasteiger partial charge in [-0.1, -0.05) is 6.07 Å². The van der Waals surface area contributed by atoms with Gasteiger partial charge in [-0.3, -0.25) is 0 Å². The second-order valence-electron chi connectivity index (χ2n) is 3.04. The summed E-state index contributed by atoms with van der Waals surface area (Å²) >= 11 is 5.73. The smallest absolute Gasteiger partial charge is 0.215 e. The van der Waals surface area contributed by atoms with E-state index in [1.165, 1.54) is 0 Å². The fourth-order valence-corrected chi connectivity index (χ4v) is 1.55. The number of anilines is 1. The predicted octanol–water partition coefficient (Wildman–Crippen LogP) is 2.55. The van der Waals surface area contributed by atoms with Gasteiger partial charge in [0.2, 0.25) is 5.88 Å². The van der Waals surface area contributed by atoms with Crippen molar-refractivity contribution in [3.05, 3.63) is 18.2 Å². The van der Waals surface area contributed by atoms with E-state index in [9.17, 15) is 0 Å². The van der Waals surface area contributed by atoms with E-state index < -0.39 is 0 Å². The van der Waals surface area contributed by atoms with Crippen LogP contribution in [0.4, 0.5) is 5.82 Å². The lowest BCUT2D eigenvalue weighted by Gasteiger charge is -2.20. The molecule has 0 aliphatic heterocycles. The zero-order valence-corrected chi connectivity index (χ0v) is 10.00. The van der Waals surface area contributed by atoms with Crippen LogP contribution < -0.4 is 9.64 Å². The summed E-state index contributed by atoms with van der Waals surface area (Å²) in [5.41, 5.74) is 0. The van der Waals surface area contributed by atoms with Gasteiger partial charge in [0.15, 0.2) is 0 Å². The number of ether oxygens (including phenoxy) is 1. The highest BCUT2D eigenvalue weighted by atomic mass is 35.5. The largest absolute Gasteiger partial charge is 0.478 e. The molecule has 0 amide bonds. The Morgan fingerprint density at radius 2 is 2.20 bits per heavy atom. The molecule has 0 unspecified atom stereocenters. The molecule has 0 radical (unpaired) electrons. The molecular weight excluding hydrogens is 212 g/mol. The normalized spacial score (nSPS) is 10.1. The number of rotatable bonds is 6. The first-order valence-electron chi connectivity index (χ1n) is 5.22. The van der Waals surface area contributed by atoms with Gasteiger partial charge in [0, 0.05) is 25.0 Å². The molecule has 3 nitrogen and oxygen atoms in total. The van der Waals surface area contributed by atoms with Crippen molar-refractivity contribution in [2.45, 2.75) is 13.8 Å². The van der Waals surface area contributed by atoms with Crippen molar-refractivity contribution >= 4 is 17.4 Å². The van der Waals surface area contributed by atoms with Crippen molar-refractivity contribution < 1.29 is 4.74 Å². The first-order chi connectivity index (χ1) is 7.31. The molecule has 1 aromatic rings. The molecule has 0 saturated carbocycles. The Bertz CT molecular complexity index is 294. The summed E-state index contributed by atoms with van der Waals surface area (Å²) < 4.78 is 5.35. The third kappa shape index (κ3) is 3.59. The topological polar surface area (TPSA) is 25.4 Å². The molecular formula is C11H17ClN2O. The van der Waals surface area contributed by atoms with Crippen LogP contribution in [0.2, 0.25) is 0 Å². The molecule has 0 spiro atoms. The number of nitrogens with zero attached hydrogens (tertiary/aromatic N) is 2. The minimum atomic E-state index is 0.606. The quantitative estimate of drug-likeness (QED) is 0.700. The van der Waals surface area contributed by atoms with Gasteiger partial charge >= 0.3 is 0 Å². The molecule has 0 saturated heterocycles. The van der Waals surface area contributed by atoms with Crippen molar-refractivity contribution in [2.24, 2.45) is 0 Å². The summed E-state index contributed by atoms with van der Waals surface area (Å²) in [5.74, 6) is 2.20. The number of pyridine rings is 1. The molecule has 0 atom stereocenters. The Labute approximate surface area is 96.0 Å². The fraction of sp³-hybridized carbons (Fsp3) is 0.545. The van der Waals surface area contributed by atoms with Crippen LogP contribution in [-0.2, 0) is 0 Å². The molecule has 0 bridgehead atoms. The first kappa shape index (κ1) is 12.1. The van der Waals surface area contributed by atoms with E-state index in [0.29, 0.717) is 18.4 Å². The third-order valence-electron chi connectivity index (χ3n) is 2.06. The van der Waals surface area contributed by atoms with E-state index >= 15 is 0 Å². The molecule has 0 aliphatic rings. The van der Waals surface area contributed by atoms with Gasteiger partial charge in [0.1, 0.15) is 5.82 Å². The molecule has 1 heterocycles. The van der Waals surface area contributed by atoms with Gasteiger partial charge in [-0.2, -0.15) is 4.98 Å². The summed E-state index contributed by atoms with van der Waals surface area (Å²) in [5, 5.41) is 0. The molecule has 1 rings (SSSR count).